The van der Waals surface area contributed by atoms with Crippen molar-refractivity contribution in [2.24, 2.45) is 0 Å². The van der Waals surface area contributed by atoms with Crippen LogP contribution in [-0.4, -0.2) is 24.5 Å². The third kappa shape index (κ3) is 3.74. The predicted octanol–water partition coefficient (Wildman–Crippen LogP) is 3.18. The van der Waals surface area contributed by atoms with Gasteiger partial charge in [0.1, 0.15) is 0 Å². The molecule has 24 heavy (non-hydrogen) atoms. The van der Waals surface area contributed by atoms with Crippen molar-refractivity contribution in [1.29, 1.82) is 0 Å². The van der Waals surface area contributed by atoms with Crippen molar-refractivity contribution in [2.75, 3.05) is 16.8 Å². The van der Waals surface area contributed by atoms with Gasteiger partial charge in [0, 0.05) is 17.4 Å². The number of imide groups is 1. The molecule has 1 aliphatic rings. The van der Waals surface area contributed by atoms with Gasteiger partial charge in [-0.25, -0.2) is 4.79 Å². The Labute approximate surface area is 141 Å². The monoisotopic (exact) mass is 323 g/mol. The van der Waals surface area contributed by atoms with Crippen LogP contribution >= 0.6 is 0 Å². The molecule has 2 aromatic rings. The van der Waals surface area contributed by atoms with E-state index in [0.29, 0.717) is 5.69 Å². The second-order valence-corrected chi connectivity index (χ2v) is 6.01. The fraction of sp³-hybridized carbons (Fsp3) is 0.263. The quantitative estimate of drug-likeness (QED) is 0.912. The van der Waals surface area contributed by atoms with Crippen LogP contribution in [0.5, 0.6) is 0 Å². The number of urea groups is 1. The zero-order valence-corrected chi connectivity index (χ0v) is 13.7. The van der Waals surface area contributed by atoms with Crippen LogP contribution in [0.2, 0.25) is 0 Å². The normalized spacial score (nSPS) is 16.2. The van der Waals surface area contributed by atoms with Crippen molar-refractivity contribution in [3.8, 4) is 0 Å². The maximum Gasteiger partial charge on any atom is 0.325 e. The first kappa shape index (κ1) is 16.1. The lowest BCUT2D eigenvalue weighted by atomic mass is 9.97. The Morgan fingerprint density at radius 1 is 1.08 bits per heavy atom. The van der Waals surface area contributed by atoms with E-state index in [0.717, 1.165) is 18.5 Å². The number of carbonyl (C=O) groups is 2. The topological polar surface area (TPSA) is 61.4 Å². The van der Waals surface area contributed by atoms with Gasteiger partial charge < -0.3 is 10.2 Å². The number of anilines is 2. The molecule has 3 rings (SSSR count). The third-order valence-corrected chi connectivity index (χ3v) is 4.26. The Balaban J connectivity index is 1.61. The van der Waals surface area contributed by atoms with E-state index in [9.17, 15) is 9.59 Å². The van der Waals surface area contributed by atoms with Crippen LogP contribution in [0.15, 0.2) is 54.6 Å². The van der Waals surface area contributed by atoms with E-state index in [2.05, 4.69) is 28.5 Å². The molecule has 0 aromatic heterocycles. The van der Waals surface area contributed by atoms with E-state index >= 15 is 0 Å². The Bertz CT molecular complexity index is 730. The zero-order valence-electron chi connectivity index (χ0n) is 13.7. The number of nitrogens with zero attached hydrogens (tertiary/aromatic N) is 1. The first-order chi connectivity index (χ1) is 11.6. The summed E-state index contributed by atoms with van der Waals surface area (Å²) in [4.78, 5) is 26.2. The minimum atomic E-state index is -0.510. The number of hydrogen-bond acceptors (Lipinski definition) is 3. The molecule has 5 heteroatoms. The van der Waals surface area contributed by atoms with Crippen molar-refractivity contribution in [2.45, 2.75) is 25.8 Å². The van der Waals surface area contributed by atoms with Crippen LogP contribution < -0.4 is 15.5 Å². The maximum atomic E-state index is 12.3. The summed E-state index contributed by atoms with van der Waals surface area (Å²) in [6.07, 6.45) is 2.02. The average molecular weight is 323 g/mol. The molecular weight excluding hydrogens is 302 g/mol. The van der Waals surface area contributed by atoms with E-state index in [1.165, 1.54) is 5.56 Å². The molecule has 0 saturated carbocycles. The number of nitrogens with one attached hydrogen (secondary N) is 2. The summed E-state index contributed by atoms with van der Waals surface area (Å²) in [5.41, 5.74) is 2.98. The molecule has 3 amide bonds. The molecule has 1 heterocycles. The number of benzene rings is 2. The van der Waals surface area contributed by atoms with Gasteiger partial charge in [-0.2, -0.15) is 0 Å². The Morgan fingerprint density at radius 2 is 1.79 bits per heavy atom. The third-order valence-electron chi connectivity index (χ3n) is 4.26. The summed E-state index contributed by atoms with van der Waals surface area (Å²) in [6.45, 7) is 2.27. The van der Waals surface area contributed by atoms with Crippen LogP contribution in [0.1, 0.15) is 18.9 Å². The van der Waals surface area contributed by atoms with Crippen LogP contribution in [0.4, 0.5) is 16.2 Å². The van der Waals surface area contributed by atoms with Gasteiger partial charge in [0.2, 0.25) is 5.91 Å². The Kier molecular flexibility index (Phi) is 4.79. The Morgan fingerprint density at radius 3 is 2.58 bits per heavy atom. The van der Waals surface area contributed by atoms with Crippen LogP contribution in [0.3, 0.4) is 0 Å². The van der Waals surface area contributed by atoms with Gasteiger partial charge in [-0.1, -0.05) is 36.4 Å². The molecule has 0 fully saturated rings. The highest BCUT2D eigenvalue weighted by molar-refractivity contribution is 6.02. The highest BCUT2D eigenvalue weighted by Crippen LogP contribution is 2.29. The van der Waals surface area contributed by atoms with E-state index in [1.54, 1.807) is 12.1 Å². The van der Waals surface area contributed by atoms with Gasteiger partial charge in [0.05, 0.1) is 6.54 Å². The van der Waals surface area contributed by atoms with Crippen molar-refractivity contribution in [1.82, 2.24) is 5.32 Å². The second kappa shape index (κ2) is 7.17. The number of rotatable bonds is 3. The summed E-state index contributed by atoms with van der Waals surface area (Å²) < 4.78 is 0. The van der Waals surface area contributed by atoms with E-state index in [-0.39, 0.29) is 18.5 Å². The lowest BCUT2D eigenvalue weighted by molar-refractivity contribution is -0.118. The standard InChI is InChI=1S/C19H21N3O2/c1-14-11-12-15-7-5-6-10-17(15)22(14)13-18(23)21-19(24)20-16-8-3-2-4-9-16/h2-10,14H,11-13H2,1H3,(H2,20,21,23,24)/t14-/m0/s1. The SMILES string of the molecule is C[C@H]1CCc2ccccc2N1CC(=O)NC(=O)Nc1ccccc1. The number of aryl methyl sites for hydroxylation is 1. The average Bonchev–Trinajstić information content (AvgIpc) is 2.58. The summed E-state index contributed by atoms with van der Waals surface area (Å²) >= 11 is 0. The fourth-order valence-corrected chi connectivity index (χ4v) is 3.01. The Hall–Kier alpha value is -2.82. The highest BCUT2D eigenvalue weighted by Gasteiger charge is 2.24. The highest BCUT2D eigenvalue weighted by atomic mass is 16.2. The number of hydrogen-bond donors (Lipinski definition) is 2. The van der Waals surface area contributed by atoms with Crippen LogP contribution in [0.25, 0.3) is 0 Å². The van der Waals surface area contributed by atoms with Crippen molar-refractivity contribution < 1.29 is 9.59 Å². The fourth-order valence-electron chi connectivity index (χ4n) is 3.01. The molecule has 2 N–H and O–H groups in total. The van der Waals surface area contributed by atoms with Gasteiger partial charge in [-0.05, 0) is 43.5 Å². The number of para-hydroxylation sites is 2. The number of carbonyl (C=O) groups excluding carboxylic acids is 2. The minimum absolute atomic E-state index is 0.167. The number of amides is 3. The molecule has 124 valence electrons. The van der Waals surface area contributed by atoms with E-state index in [1.807, 2.05) is 36.4 Å². The van der Waals surface area contributed by atoms with Gasteiger partial charge in [-0.3, -0.25) is 10.1 Å². The van der Waals surface area contributed by atoms with Crippen LogP contribution in [-0.2, 0) is 11.2 Å². The molecule has 0 unspecified atom stereocenters. The lowest BCUT2D eigenvalue weighted by Crippen LogP contribution is -2.46. The summed E-state index contributed by atoms with van der Waals surface area (Å²) in [5.74, 6) is -0.313. The summed E-state index contributed by atoms with van der Waals surface area (Å²) in [5, 5.41) is 5.05. The molecule has 0 spiro atoms. The molecular formula is C19H21N3O2. The number of fused-ring (bicyclic) bond motifs is 1. The van der Waals surface area contributed by atoms with Crippen molar-refractivity contribution in [3.63, 3.8) is 0 Å². The largest absolute Gasteiger partial charge is 0.359 e. The molecule has 1 aliphatic heterocycles. The smallest absolute Gasteiger partial charge is 0.325 e. The van der Waals surface area contributed by atoms with Gasteiger partial charge in [0.25, 0.3) is 0 Å². The summed E-state index contributed by atoms with van der Waals surface area (Å²) in [7, 11) is 0. The summed E-state index contributed by atoms with van der Waals surface area (Å²) in [6, 6.07) is 16.9. The molecule has 2 aromatic carbocycles. The van der Waals surface area contributed by atoms with E-state index < -0.39 is 6.03 Å². The first-order valence-corrected chi connectivity index (χ1v) is 8.14. The van der Waals surface area contributed by atoms with Gasteiger partial charge >= 0.3 is 6.03 Å². The maximum absolute atomic E-state index is 12.3. The first-order valence-electron chi connectivity index (χ1n) is 8.14. The minimum Gasteiger partial charge on any atom is -0.359 e. The van der Waals surface area contributed by atoms with Crippen molar-refractivity contribution >= 4 is 23.3 Å². The zero-order chi connectivity index (χ0) is 16.9. The molecule has 0 saturated heterocycles. The van der Waals surface area contributed by atoms with Crippen LogP contribution in [0, 0.1) is 0 Å². The second-order valence-electron chi connectivity index (χ2n) is 6.01. The lowest BCUT2D eigenvalue weighted by Gasteiger charge is -2.36. The predicted molar refractivity (Wildman–Crippen MR) is 95.2 cm³/mol. The molecule has 0 aliphatic carbocycles. The molecule has 5 nitrogen and oxygen atoms in total. The molecule has 0 radical (unpaired) electrons. The van der Waals surface area contributed by atoms with Gasteiger partial charge in [0.15, 0.2) is 0 Å². The van der Waals surface area contributed by atoms with Crippen molar-refractivity contribution in [3.05, 3.63) is 60.2 Å². The molecule has 0 bridgehead atoms. The molecule has 1 atom stereocenters. The van der Waals surface area contributed by atoms with Gasteiger partial charge in [-0.15, -0.1) is 0 Å². The van der Waals surface area contributed by atoms with E-state index in [4.69, 9.17) is 0 Å².